The zero-order valence-corrected chi connectivity index (χ0v) is 19.2. The summed E-state index contributed by atoms with van der Waals surface area (Å²) in [7, 11) is 0. The maximum Gasteiger partial charge on any atom is 0.330 e. The number of hydrogen-bond donors (Lipinski definition) is 3. The fraction of sp³-hybridized carbons (Fsp3) is 0.360. The summed E-state index contributed by atoms with van der Waals surface area (Å²) < 4.78 is 2.69. The summed E-state index contributed by atoms with van der Waals surface area (Å²) >= 11 is 0. The molecule has 2 heterocycles. The number of carbonyl (C=O) groups excluding carboxylic acids is 3. The van der Waals surface area contributed by atoms with Gasteiger partial charge in [0.1, 0.15) is 13.1 Å². The quantitative estimate of drug-likeness (QED) is 0.526. The van der Waals surface area contributed by atoms with E-state index in [9.17, 15) is 19.2 Å². The summed E-state index contributed by atoms with van der Waals surface area (Å²) in [5, 5.41) is 5.81. The van der Waals surface area contributed by atoms with Crippen LogP contribution in [0.2, 0.25) is 0 Å². The number of primary amides is 1. The summed E-state index contributed by atoms with van der Waals surface area (Å²) in [5.41, 5.74) is 10.3. The first-order chi connectivity index (χ1) is 16.2. The van der Waals surface area contributed by atoms with Crippen LogP contribution in [0.4, 0.5) is 5.69 Å². The molecule has 1 saturated heterocycles. The van der Waals surface area contributed by atoms with Gasteiger partial charge in [-0.1, -0.05) is 12.1 Å². The van der Waals surface area contributed by atoms with Crippen molar-refractivity contribution in [3.05, 3.63) is 63.1 Å². The number of anilines is 1. The van der Waals surface area contributed by atoms with Crippen molar-refractivity contribution in [3.8, 4) is 0 Å². The van der Waals surface area contributed by atoms with Gasteiger partial charge in [-0.05, 0) is 73.6 Å². The van der Waals surface area contributed by atoms with E-state index in [1.54, 1.807) is 0 Å². The Hall–Kier alpha value is -3.88. The number of benzene rings is 2. The molecular weight excluding hydrogens is 434 g/mol. The van der Waals surface area contributed by atoms with Crippen molar-refractivity contribution in [2.75, 3.05) is 11.9 Å². The van der Waals surface area contributed by atoms with Crippen LogP contribution in [0.1, 0.15) is 28.7 Å². The Balaban J connectivity index is 1.41. The highest BCUT2D eigenvalue weighted by Gasteiger charge is 2.46. The van der Waals surface area contributed by atoms with Crippen LogP contribution < -0.4 is 22.1 Å². The SMILES string of the molecule is Cc1cc(C)c2c(c1)n(CC(=O)Nc1ccc3c(c1)CC1(CCNC1=O)C3)c(=O)n2CC(N)=O. The molecule has 1 fully saturated rings. The van der Waals surface area contributed by atoms with E-state index in [1.807, 2.05) is 44.2 Å². The van der Waals surface area contributed by atoms with Gasteiger partial charge in [-0.3, -0.25) is 23.5 Å². The minimum absolute atomic E-state index is 0.103. The number of nitrogens with one attached hydrogen (secondary N) is 2. The molecule has 3 amide bonds. The number of imidazole rings is 1. The lowest BCUT2D eigenvalue weighted by molar-refractivity contribution is -0.127. The lowest BCUT2D eigenvalue weighted by Gasteiger charge is -2.17. The molecule has 2 aliphatic rings. The lowest BCUT2D eigenvalue weighted by atomic mass is 9.83. The molecule has 34 heavy (non-hydrogen) atoms. The van der Waals surface area contributed by atoms with Gasteiger partial charge in [0.15, 0.2) is 0 Å². The minimum Gasteiger partial charge on any atom is -0.368 e. The molecule has 1 atom stereocenters. The number of rotatable bonds is 5. The zero-order chi connectivity index (χ0) is 24.2. The first-order valence-corrected chi connectivity index (χ1v) is 11.4. The van der Waals surface area contributed by atoms with Gasteiger partial charge in [0.2, 0.25) is 17.7 Å². The summed E-state index contributed by atoms with van der Waals surface area (Å²) in [4.78, 5) is 50.0. The fourth-order valence-electron chi connectivity index (χ4n) is 5.52. The van der Waals surface area contributed by atoms with Crippen molar-refractivity contribution in [3.63, 3.8) is 0 Å². The van der Waals surface area contributed by atoms with Crippen LogP contribution in [0.25, 0.3) is 11.0 Å². The Morgan fingerprint density at radius 3 is 2.53 bits per heavy atom. The molecule has 9 heteroatoms. The first kappa shape index (κ1) is 21.9. The molecule has 1 aliphatic carbocycles. The van der Waals surface area contributed by atoms with Crippen LogP contribution >= 0.6 is 0 Å². The van der Waals surface area contributed by atoms with E-state index >= 15 is 0 Å². The third kappa shape index (κ3) is 3.57. The van der Waals surface area contributed by atoms with Gasteiger partial charge in [0, 0.05) is 12.2 Å². The number of nitrogens with two attached hydrogens (primary N) is 1. The van der Waals surface area contributed by atoms with E-state index in [1.165, 1.54) is 9.13 Å². The molecule has 2 aromatic carbocycles. The van der Waals surface area contributed by atoms with E-state index in [0.29, 0.717) is 29.7 Å². The summed E-state index contributed by atoms with van der Waals surface area (Å²) in [5.74, 6) is -0.880. The van der Waals surface area contributed by atoms with Gasteiger partial charge >= 0.3 is 5.69 Å². The predicted octanol–water partition coefficient (Wildman–Crippen LogP) is 1.15. The number of amides is 3. The number of aromatic nitrogens is 2. The Labute approximate surface area is 195 Å². The molecule has 3 aromatic rings. The standard InChI is InChI=1S/C25H27N5O4/c1-14-7-15(2)22-19(8-14)29(24(34)30(22)12-20(26)31)13-21(32)28-18-4-3-16-10-25(11-17(16)9-18)5-6-27-23(25)33/h3-4,7-9H,5-6,10-13H2,1-2H3,(H2,26,31)(H,27,33)(H,28,32). The Bertz CT molecular complexity index is 1430. The topological polar surface area (TPSA) is 128 Å². The molecule has 0 bridgehead atoms. The molecule has 0 radical (unpaired) electrons. The normalized spacial score (nSPS) is 18.9. The summed E-state index contributed by atoms with van der Waals surface area (Å²) in [6.45, 7) is 4.02. The smallest absolute Gasteiger partial charge is 0.330 e. The largest absolute Gasteiger partial charge is 0.368 e. The van der Waals surface area contributed by atoms with Gasteiger partial charge in [0.05, 0.1) is 16.4 Å². The molecule has 1 aliphatic heterocycles. The Kier molecular flexibility index (Phi) is 5.07. The Morgan fingerprint density at radius 1 is 1.06 bits per heavy atom. The molecule has 9 nitrogen and oxygen atoms in total. The average molecular weight is 462 g/mol. The van der Waals surface area contributed by atoms with Crippen LogP contribution in [-0.2, 0) is 40.3 Å². The molecule has 4 N–H and O–H groups in total. The molecule has 1 aromatic heterocycles. The maximum absolute atomic E-state index is 13.1. The van der Waals surface area contributed by atoms with Gasteiger partial charge in [0.25, 0.3) is 0 Å². The van der Waals surface area contributed by atoms with Crippen molar-refractivity contribution >= 4 is 34.4 Å². The number of aryl methyl sites for hydroxylation is 2. The summed E-state index contributed by atoms with van der Waals surface area (Å²) in [6, 6.07) is 9.46. The van der Waals surface area contributed by atoms with Crippen LogP contribution in [0.5, 0.6) is 0 Å². The highest BCUT2D eigenvalue weighted by molar-refractivity contribution is 5.93. The van der Waals surface area contributed by atoms with Crippen LogP contribution in [0.3, 0.4) is 0 Å². The van der Waals surface area contributed by atoms with Gasteiger partial charge in [-0.2, -0.15) is 0 Å². The second-order valence-corrected chi connectivity index (χ2v) is 9.54. The van der Waals surface area contributed by atoms with E-state index < -0.39 is 11.6 Å². The first-order valence-electron chi connectivity index (χ1n) is 11.4. The van der Waals surface area contributed by atoms with Crippen molar-refractivity contribution in [1.29, 1.82) is 0 Å². The van der Waals surface area contributed by atoms with Crippen LogP contribution in [-0.4, -0.2) is 33.4 Å². The van der Waals surface area contributed by atoms with E-state index in [-0.39, 0.29) is 30.3 Å². The van der Waals surface area contributed by atoms with E-state index in [4.69, 9.17) is 5.73 Å². The van der Waals surface area contributed by atoms with Crippen molar-refractivity contribution < 1.29 is 14.4 Å². The van der Waals surface area contributed by atoms with Crippen LogP contribution in [0.15, 0.2) is 35.1 Å². The number of fused-ring (bicyclic) bond motifs is 2. The second kappa shape index (κ2) is 7.86. The minimum atomic E-state index is -0.627. The highest BCUT2D eigenvalue weighted by atomic mass is 16.2. The third-order valence-electron chi connectivity index (χ3n) is 6.98. The van der Waals surface area contributed by atoms with Crippen molar-refractivity contribution in [1.82, 2.24) is 14.5 Å². The predicted molar refractivity (Wildman–Crippen MR) is 127 cm³/mol. The number of hydrogen-bond acceptors (Lipinski definition) is 4. The van der Waals surface area contributed by atoms with Gasteiger partial charge in [-0.15, -0.1) is 0 Å². The molecular formula is C25H27N5O4. The average Bonchev–Trinajstić information content (AvgIpc) is 3.38. The van der Waals surface area contributed by atoms with E-state index in [0.717, 1.165) is 35.1 Å². The van der Waals surface area contributed by atoms with Gasteiger partial charge < -0.3 is 16.4 Å². The molecule has 0 saturated carbocycles. The maximum atomic E-state index is 13.1. The Morgan fingerprint density at radius 2 is 1.82 bits per heavy atom. The molecule has 5 rings (SSSR count). The molecule has 1 spiro atoms. The third-order valence-corrected chi connectivity index (χ3v) is 6.98. The highest BCUT2D eigenvalue weighted by Crippen LogP contribution is 2.42. The lowest BCUT2D eigenvalue weighted by Crippen LogP contribution is -2.32. The van der Waals surface area contributed by atoms with Crippen molar-refractivity contribution in [2.45, 2.75) is 46.2 Å². The molecule has 1 unspecified atom stereocenters. The van der Waals surface area contributed by atoms with E-state index in [2.05, 4.69) is 10.6 Å². The monoisotopic (exact) mass is 461 g/mol. The number of nitrogens with zero attached hydrogens (tertiary/aromatic N) is 2. The zero-order valence-electron chi connectivity index (χ0n) is 19.2. The summed E-state index contributed by atoms with van der Waals surface area (Å²) in [6.07, 6.45) is 2.20. The van der Waals surface area contributed by atoms with Gasteiger partial charge in [-0.25, -0.2) is 4.79 Å². The molecule has 176 valence electrons. The number of carbonyl (C=O) groups is 3. The van der Waals surface area contributed by atoms with Crippen molar-refractivity contribution in [2.24, 2.45) is 11.1 Å². The fourth-order valence-corrected chi connectivity index (χ4v) is 5.52. The van der Waals surface area contributed by atoms with Crippen LogP contribution in [0, 0.1) is 19.3 Å². The second-order valence-electron chi connectivity index (χ2n) is 9.54.